The van der Waals surface area contributed by atoms with Crippen molar-refractivity contribution in [1.82, 2.24) is 24.6 Å². The number of hydrogen-bond donors (Lipinski definition) is 1. The van der Waals surface area contributed by atoms with Crippen molar-refractivity contribution in [1.29, 1.82) is 0 Å². The van der Waals surface area contributed by atoms with Gasteiger partial charge in [-0.2, -0.15) is 0 Å². The Balaban J connectivity index is 1.56. The maximum atomic E-state index is 12.4. The summed E-state index contributed by atoms with van der Waals surface area (Å²) in [6.45, 7) is 7.87. The second kappa shape index (κ2) is 6.51. The molecule has 24 heavy (non-hydrogen) atoms. The summed E-state index contributed by atoms with van der Waals surface area (Å²) in [5, 5.41) is 11.7. The Bertz CT molecular complexity index is 708. The van der Waals surface area contributed by atoms with Gasteiger partial charge in [0.05, 0.1) is 0 Å². The van der Waals surface area contributed by atoms with E-state index in [2.05, 4.69) is 41.3 Å². The Hall–Kier alpha value is -1.96. The predicted molar refractivity (Wildman–Crippen MR) is 94.4 cm³/mol. The molecule has 0 aliphatic carbocycles. The highest BCUT2D eigenvalue weighted by molar-refractivity contribution is 7.15. The third kappa shape index (κ3) is 3.58. The molecule has 1 aliphatic rings. The number of carbonyl (C=O) groups is 1. The van der Waals surface area contributed by atoms with Crippen molar-refractivity contribution in [3.63, 3.8) is 0 Å². The van der Waals surface area contributed by atoms with Crippen molar-refractivity contribution in [2.24, 2.45) is 7.05 Å². The van der Waals surface area contributed by atoms with E-state index in [1.54, 1.807) is 17.7 Å². The number of aromatic nitrogens is 4. The van der Waals surface area contributed by atoms with Gasteiger partial charge >= 0.3 is 6.03 Å². The Kier molecular flexibility index (Phi) is 4.58. The van der Waals surface area contributed by atoms with Crippen LogP contribution in [-0.4, -0.2) is 43.8 Å². The molecule has 0 aromatic carbocycles. The Morgan fingerprint density at radius 2 is 2.04 bits per heavy atom. The molecule has 1 aliphatic heterocycles. The summed E-state index contributed by atoms with van der Waals surface area (Å²) in [6.07, 6.45) is 5.39. The highest BCUT2D eigenvalue weighted by Crippen LogP contribution is 2.31. The van der Waals surface area contributed by atoms with E-state index < -0.39 is 0 Å². The lowest BCUT2D eigenvalue weighted by Gasteiger charge is -2.31. The first kappa shape index (κ1) is 16.9. The zero-order chi connectivity index (χ0) is 17.3. The minimum Gasteiger partial charge on any atom is -0.324 e. The van der Waals surface area contributed by atoms with Gasteiger partial charge in [-0.1, -0.05) is 20.8 Å². The van der Waals surface area contributed by atoms with Gasteiger partial charge in [0.1, 0.15) is 12.2 Å². The minimum absolute atomic E-state index is 0.0507. The Morgan fingerprint density at radius 3 is 2.58 bits per heavy atom. The van der Waals surface area contributed by atoms with E-state index >= 15 is 0 Å². The fourth-order valence-electron chi connectivity index (χ4n) is 2.85. The summed E-state index contributed by atoms with van der Waals surface area (Å²) in [4.78, 5) is 19.8. The molecule has 0 bridgehead atoms. The third-order valence-electron chi connectivity index (χ3n) is 4.35. The van der Waals surface area contributed by atoms with Crippen molar-refractivity contribution in [2.45, 2.75) is 44.9 Å². The molecule has 8 heteroatoms. The summed E-state index contributed by atoms with van der Waals surface area (Å²) in [5.41, 5.74) is 0.0507. The van der Waals surface area contributed by atoms with Crippen LogP contribution in [0.3, 0.4) is 0 Å². The minimum atomic E-state index is -0.0683. The SMILES string of the molecule is Cn1cnnc1C1CCN(C(=O)Nc2ncc(C(C)(C)C)s2)CC1. The summed E-state index contributed by atoms with van der Waals surface area (Å²) in [6, 6.07) is -0.0683. The van der Waals surface area contributed by atoms with E-state index in [0.29, 0.717) is 11.0 Å². The number of carbonyl (C=O) groups excluding carboxylic acids is 1. The van der Waals surface area contributed by atoms with Crippen LogP contribution in [0.1, 0.15) is 50.2 Å². The van der Waals surface area contributed by atoms with Crippen molar-refractivity contribution in [3.05, 3.63) is 23.2 Å². The molecule has 1 fully saturated rings. The number of rotatable bonds is 2. The number of aryl methyl sites for hydroxylation is 1. The van der Waals surface area contributed by atoms with Crippen LogP contribution in [0.5, 0.6) is 0 Å². The number of urea groups is 1. The molecule has 3 rings (SSSR count). The van der Waals surface area contributed by atoms with Crippen LogP contribution in [0.25, 0.3) is 0 Å². The second-order valence-electron chi connectivity index (χ2n) is 7.27. The lowest BCUT2D eigenvalue weighted by molar-refractivity contribution is 0.193. The van der Waals surface area contributed by atoms with Gasteiger partial charge in [-0.05, 0) is 18.3 Å². The highest BCUT2D eigenvalue weighted by Gasteiger charge is 2.27. The normalized spacial score (nSPS) is 16.4. The molecule has 0 radical (unpaired) electrons. The number of thiazole rings is 1. The number of amides is 2. The van der Waals surface area contributed by atoms with Crippen LogP contribution in [0.15, 0.2) is 12.5 Å². The summed E-state index contributed by atoms with van der Waals surface area (Å²) < 4.78 is 1.96. The molecule has 2 aromatic rings. The molecule has 7 nitrogen and oxygen atoms in total. The second-order valence-corrected chi connectivity index (χ2v) is 8.30. The molecule has 1 saturated heterocycles. The zero-order valence-corrected chi connectivity index (χ0v) is 15.4. The van der Waals surface area contributed by atoms with Crippen molar-refractivity contribution < 1.29 is 4.79 Å². The molecule has 0 atom stereocenters. The maximum absolute atomic E-state index is 12.4. The van der Waals surface area contributed by atoms with Crippen molar-refractivity contribution in [3.8, 4) is 0 Å². The van der Waals surface area contributed by atoms with Crippen molar-refractivity contribution in [2.75, 3.05) is 18.4 Å². The number of nitrogens with one attached hydrogen (secondary N) is 1. The summed E-state index contributed by atoms with van der Waals surface area (Å²) in [5.74, 6) is 1.37. The monoisotopic (exact) mass is 348 g/mol. The molecular weight excluding hydrogens is 324 g/mol. The van der Waals surface area contributed by atoms with E-state index in [4.69, 9.17) is 0 Å². The topological polar surface area (TPSA) is 75.9 Å². The van der Waals surface area contributed by atoms with Crippen molar-refractivity contribution >= 4 is 22.5 Å². The van der Waals surface area contributed by atoms with Crippen LogP contribution in [-0.2, 0) is 12.5 Å². The molecular formula is C16H24N6OS. The van der Waals surface area contributed by atoms with Crippen LogP contribution < -0.4 is 5.32 Å². The molecule has 1 N–H and O–H groups in total. The first-order valence-electron chi connectivity index (χ1n) is 8.20. The van der Waals surface area contributed by atoms with Gasteiger partial charge in [-0.25, -0.2) is 9.78 Å². The maximum Gasteiger partial charge on any atom is 0.323 e. The standard InChI is InChI=1S/C16H24N6OS/c1-16(2,3)12-9-17-14(24-12)19-15(23)22-7-5-11(6-8-22)13-20-18-10-21(13)4/h9-11H,5-8H2,1-4H3,(H,17,19,23). The molecule has 2 amide bonds. The quantitative estimate of drug-likeness (QED) is 0.905. The summed E-state index contributed by atoms with van der Waals surface area (Å²) in [7, 11) is 1.96. The summed E-state index contributed by atoms with van der Waals surface area (Å²) >= 11 is 1.54. The van der Waals surface area contributed by atoms with Gasteiger partial charge in [-0.15, -0.1) is 21.5 Å². The fraction of sp³-hybridized carbons (Fsp3) is 0.625. The Labute approximate surface area is 146 Å². The highest BCUT2D eigenvalue weighted by atomic mass is 32.1. The van der Waals surface area contributed by atoms with Gasteiger partial charge in [0, 0.05) is 37.1 Å². The average molecular weight is 348 g/mol. The number of piperidine rings is 1. The fourth-order valence-corrected chi connectivity index (χ4v) is 3.72. The van der Waals surface area contributed by atoms with E-state index in [0.717, 1.165) is 31.8 Å². The molecule has 0 unspecified atom stereocenters. The number of hydrogen-bond acceptors (Lipinski definition) is 5. The molecule has 130 valence electrons. The van der Waals surface area contributed by atoms with Gasteiger partial charge in [0.2, 0.25) is 0 Å². The number of nitrogens with zero attached hydrogens (tertiary/aromatic N) is 5. The molecule has 2 aromatic heterocycles. The van der Waals surface area contributed by atoms with Gasteiger partial charge in [0.25, 0.3) is 0 Å². The largest absolute Gasteiger partial charge is 0.324 e. The van der Waals surface area contributed by atoms with Crippen LogP contribution in [0, 0.1) is 0 Å². The average Bonchev–Trinajstić information content (AvgIpc) is 3.16. The Morgan fingerprint density at radius 1 is 1.33 bits per heavy atom. The third-order valence-corrected chi connectivity index (χ3v) is 5.69. The van der Waals surface area contributed by atoms with E-state index in [9.17, 15) is 4.79 Å². The lowest BCUT2D eigenvalue weighted by Crippen LogP contribution is -2.40. The van der Waals surface area contributed by atoms with Crippen LogP contribution in [0.4, 0.5) is 9.93 Å². The van der Waals surface area contributed by atoms with E-state index in [1.165, 1.54) is 4.88 Å². The molecule has 3 heterocycles. The molecule has 0 saturated carbocycles. The van der Waals surface area contributed by atoms with Crippen LogP contribution >= 0.6 is 11.3 Å². The van der Waals surface area contributed by atoms with Crippen LogP contribution in [0.2, 0.25) is 0 Å². The predicted octanol–water partition coefficient (Wildman–Crippen LogP) is 2.98. The van der Waals surface area contributed by atoms with Gasteiger partial charge in [0.15, 0.2) is 5.13 Å². The molecule has 0 spiro atoms. The zero-order valence-electron chi connectivity index (χ0n) is 14.6. The van der Waals surface area contributed by atoms with Gasteiger partial charge in [-0.3, -0.25) is 5.32 Å². The van der Waals surface area contributed by atoms with Gasteiger partial charge < -0.3 is 9.47 Å². The number of likely N-dealkylation sites (tertiary alicyclic amines) is 1. The van der Waals surface area contributed by atoms with E-state index in [-0.39, 0.29) is 11.4 Å². The number of anilines is 1. The lowest BCUT2D eigenvalue weighted by atomic mass is 9.96. The first-order valence-corrected chi connectivity index (χ1v) is 9.02. The first-order chi connectivity index (χ1) is 11.3. The smallest absolute Gasteiger partial charge is 0.323 e. The van der Waals surface area contributed by atoms with E-state index in [1.807, 2.05) is 22.7 Å².